The van der Waals surface area contributed by atoms with E-state index in [-0.39, 0.29) is 0 Å². The van der Waals surface area contributed by atoms with Crippen molar-refractivity contribution in [2.75, 3.05) is 0 Å². The highest BCUT2D eigenvalue weighted by Gasteiger charge is 2.21. The normalized spacial score (nSPS) is 23.9. The van der Waals surface area contributed by atoms with Crippen molar-refractivity contribution >= 4 is 5.78 Å². The minimum atomic E-state index is 0.502. The van der Waals surface area contributed by atoms with Gasteiger partial charge in [-0.1, -0.05) is 26.7 Å². The summed E-state index contributed by atoms with van der Waals surface area (Å²) < 4.78 is 0. The summed E-state index contributed by atoms with van der Waals surface area (Å²) in [6.45, 7) is 4.53. The number of rotatable bonds is 4. The number of ketones is 1. The Morgan fingerprint density at radius 2 is 2.08 bits per heavy atom. The lowest BCUT2D eigenvalue weighted by Gasteiger charge is -2.24. The third kappa shape index (κ3) is 3.50. The number of hydrogen-bond donors (Lipinski definition) is 0. The van der Waals surface area contributed by atoms with Crippen LogP contribution in [-0.4, -0.2) is 5.78 Å². The first-order chi connectivity index (χ1) is 6.26. The molecule has 1 aliphatic rings. The Balaban J connectivity index is 2.30. The second-order valence-electron chi connectivity index (χ2n) is 4.42. The summed E-state index contributed by atoms with van der Waals surface area (Å²) in [5, 5.41) is 0. The van der Waals surface area contributed by atoms with Gasteiger partial charge >= 0.3 is 0 Å². The van der Waals surface area contributed by atoms with E-state index in [0.29, 0.717) is 11.7 Å². The molecule has 0 aromatic rings. The number of hydrogen-bond acceptors (Lipinski definition) is 1. The Bertz CT molecular complexity index is 159. The second-order valence-corrected chi connectivity index (χ2v) is 4.42. The Morgan fingerprint density at radius 3 is 2.62 bits per heavy atom. The molecule has 1 nitrogen and oxygen atoms in total. The van der Waals surface area contributed by atoms with Crippen LogP contribution in [-0.2, 0) is 4.79 Å². The summed E-state index contributed by atoms with van der Waals surface area (Å²) in [7, 11) is 0. The Morgan fingerprint density at radius 1 is 1.38 bits per heavy atom. The van der Waals surface area contributed by atoms with Crippen molar-refractivity contribution in [1.29, 1.82) is 0 Å². The fourth-order valence-corrected chi connectivity index (χ4v) is 2.41. The number of Topliss-reactive ketones (excluding diaryl/α,β-unsaturated/α-hetero) is 1. The third-order valence-electron chi connectivity index (χ3n) is 3.41. The lowest BCUT2D eigenvalue weighted by molar-refractivity contribution is -0.121. The van der Waals surface area contributed by atoms with Gasteiger partial charge in [0.1, 0.15) is 5.78 Å². The summed E-state index contributed by atoms with van der Waals surface area (Å²) in [4.78, 5) is 11.2. The van der Waals surface area contributed by atoms with E-state index in [4.69, 9.17) is 0 Å². The van der Waals surface area contributed by atoms with Gasteiger partial charge in [-0.3, -0.25) is 4.79 Å². The molecule has 0 aromatic heterocycles. The van der Waals surface area contributed by atoms with E-state index in [1.54, 1.807) is 0 Å². The van der Waals surface area contributed by atoms with Gasteiger partial charge in [-0.15, -0.1) is 0 Å². The van der Waals surface area contributed by atoms with Gasteiger partial charge in [0.2, 0.25) is 0 Å². The molecule has 1 heteroatoms. The Labute approximate surface area is 81.9 Å². The summed E-state index contributed by atoms with van der Waals surface area (Å²) in [6.07, 6.45) is 8.00. The molecule has 1 atom stereocenters. The SMILES string of the molecule is CCC(CC)CC1CCCC(=O)C1. The fourth-order valence-electron chi connectivity index (χ4n) is 2.41. The van der Waals surface area contributed by atoms with Gasteiger partial charge in [-0.25, -0.2) is 0 Å². The second kappa shape index (κ2) is 5.41. The van der Waals surface area contributed by atoms with Gasteiger partial charge in [-0.2, -0.15) is 0 Å². The molecule has 76 valence electrons. The highest BCUT2D eigenvalue weighted by molar-refractivity contribution is 5.79. The molecule has 0 bridgehead atoms. The van der Waals surface area contributed by atoms with Gasteiger partial charge in [0.05, 0.1) is 0 Å². The fraction of sp³-hybridized carbons (Fsp3) is 0.917. The average molecular weight is 182 g/mol. The third-order valence-corrected chi connectivity index (χ3v) is 3.41. The average Bonchev–Trinajstić information content (AvgIpc) is 2.14. The number of carbonyl (C=O) groups is 1. The van der Waals surface area contributed by atoms with Gasteiger partial charge in [0, 0.05) is 12.8 Å². The Hall–Kier alpha value is -0.330. The van der Waals surface area contributed by atoms with Gasteiger partial charge in [0.25, 0.3) is 0 Å². The zero-order valence-corrected chi connectivity index (χ0v) is 9.01. The maximum absolute atomic E-state index is 11.2. The molecule has 0 amide bonds. The maximum Gasteiger partial charge on any atom is 0.133 e. The molecule has 0 saturated heterocycles. The van der Waals surface area contributed by atoms with Crippen molar-refractivity contribution in [2.45, 2.75) is 58.8 Å². The molecular formula is C12H22O. The summed E-state index contributed by atoms with van der Waals surface area (Å²) in [5.74, 6) is 2.07. The molecule has 1 unspecified atom stereocenters. The van der Waals surface area contributed by atoms with E-state index in [9.17, 15) is 4.79 Å². The topological polar surface area (TPSA) is 17.1 Å². The monoisotopic (exact) mass is 182 g/mol. The van der Waals surface area contributed by atoms with Crippen LogP contribution in [0.4, 0.5) is 0 Å². The predicted octanol–water partition coefficient (Wildman–Crippen LogP) is 3.57. The first-order valence-corrected chi connectivity index (χ1v) is 5.77. The molecule has 1 aliphatic carbocycles. The van der Waals surface area contributed by atoms with Crippen molar-refractivity contribution in [1.82, 2.24) is 0 Å². The predicted molar refractivity (Wildman–Crippen MR) is 55.7 cm³/mol. The van der Waals surface area contributed by atoms with Crippen LogP contribution in [0.25, 0.3) is 0 Å². The summed E-state index contributed by atoms with van der Waals surface area (Å²) in [6, 6.07) is 0. The molecule has 0 radical (unpaired) electrons. The van der Waals surface area contributed by atoms with Crippen LogP contribution >= 0.6 is 0 Å². The number of carbonyl (C=O) groups excluding carboxylic acids is 1. The van der Waals surface area contributed by atoms with Crippen LogP contribution in [0, 0.1) is 11.8 Å². The molecular weight excluding hydrogens is 160 g/mol. The first kappa shape index (κ1) is 10.7. The molecule has 1 rings (SSSR count). The van der Waals surface area contributed by atoms with Gasteiger partial charge in [-0.05, 0) is 31.1 Å². The van der Waals surface area contributed by atoms with E-state index in [0.717, 1.165) is 25.2 Å². The van der Waals surface area contributed by atoms with E-state index >= 15 is 0 Å². The molecule has 0 N–H and O–H groups in total. The minimum Gasteiger partial charge on any atom is -0.300 e. The van der Waals surface area contributed by atoms with E-state index < -0.39 is 0 Å². The van der Waals surface area contributed by atoms with Crippen LogP contribution in [0.3, 0.4) is 0 Å². The maximum atomic E-state index is 11.2. The van der Waals surface area contributed by atoms with E-state index in [2.05, 4.69) is 13.8 Å². The lowest BCUT2D eigenvalue weighted by Crippen LogP contribution is -2.17. The highest BCUT2D eigenvalue weighted by atomic mass is 16.1. The Kier molecular flexibility index (Phi) is 4.47. The standard InChI is InChI=1S/C12H22O/c1-3-10(4-2)8-11-6-5-7-12(13)9-11/h10-11H,3-9H2,1-2H3. The van der Waals surface area contributed by atoms with Crippen LogP contribution < -0.4 is 0 Å². The van der Waals surface area contributed by atoms with E-state index in [1.165, 1.54) is 25.7 Å². The first-order valence-electron chi connectivity index (χ1n) is 5.77. The molecule has 0 spiro atoms. The van der Waals surface area contributed by atoms with Gasteiger partial charge in [0.15, 0.2) is 0 Å². The van der Waals surface area contributed by atoms with Crippen molar-refractivity contribution in [3.8, 4) is 0 Å². The van der Waals surface area contributed by atoms with Crippen LogP contribution in [0.15, 0.2) is 0 Å². The van der Waals surface area contributed by atoms with Crippen molar-refractivity contribution in [2.24, 2.45) is 11.8 Å². The zero-order chi connectivity index (χ0) is 9.68. The smallest absolute Gasteiger partial charge is 0.133 e. The molecule has 0 heterocycles. The summed E-state index contributed by atoms with van der Waals surface area (Å²) in [5.41, 5.74) is 0. The molecule has 1 fully saturated rings. The molecule has 0 aliphatic heterocycles. The molecule has 0 aromatic carbocycles. The van der Waals surface area contributed by atoms with Crippen LogP contribution in [0.5, 0.6) is 0 Å². The minimum absolute atomic E-state index is 0.502. The lowest BCUT2D eigenvalue weighted by atomic mass is 9.81. The van der Waals surface area contributed by atoms with Crippen molar-refractivity contribution in [3.05, 3.63) is 0 Å². The summed E-state index contributed by atoms with van der Waals surface area (Å²) >= 11 is 0. The van der Waals surface area contributed by atoms with Gasteiger partial charge < -0.3 is 0 Å². The zero-order valence-electron chi connectivity index (χ0n) is 9.01. The molecule has 1 saturated carbocycles. The van der Waals surface area contributed by atoms with Crippen LogP contribution in [0.2, 0.25) is 0 Å². The van der Waals surface area contributed by atoms with Crippen molar-refractivity contribution < 1.29 is 4.79 Å². The van der Waals surface area contributed by atoms with Crippen molar-refractivity contribution in [3.63, 3.8) is 0 Å². The van der Waals surface area contributed by atoms with E-state index in [1.807, 2.05) is 0 Å². The van der Waals surface area contributed by atoms with Crippen LogP contribution in [0.1, 0.15) is 58.8 Å². The largest absolute Gasteiger partial charge is 0.300 e. The molecule has 13 heavy (non-hydrogen) atoms. The highest BCUT2D eigenvalue weighted by Crippen LogP contribution is 2.29. The quantitative estimate of drug-likeness (QED) is 0.649.